The number of hydrogen-bond acceptors (Lipinski definition) is 5. The molecule has 0 saturated carbocycles. The normalized spacial score (nSPS) is 26.2. The molecule has 2 atom stereocenters. The van der Waals surface area contributed by atoms with E-state index in [9.17, 15) is 4.79 Å². The fourth-order valence-electron chi connectivity index (χ4n) is 2.74. The van der Waals surface area contributed by atoms with Gasteiger partial charge in [0, 0.05) is 19.1 Å². The van der Waals surface area contributed by atoms with Gasteiger partial charge in [-0.05, 0) is 19.4 Å². The lowest BCUT2D eigenvalue weighted by molar-refractivity contribution is -0.0462. The Morgan fingerprint density at radius 3 is 3.20 bits per heavy atom. The summed E-state index contributed by atoms with van der Waals surface area (Å²) in [5.74, 6) is -0.249. The van der Waals surface area contributed by atoms with Crippen molar-refractivity contribution in [2.24, 2.45) is 0 Å². The highest BCUT2D eigenvalue weighted by Gasteiger charge is 2.32. The van der Waals surface area contributed by atoms with Gasteiger partial charge in [-0.15, -0.1) is 0 Å². The van der Waals surface area contributed by atoms with Crippen molar-refractivity contribution >= 4 is 17.5 Å². The molecule has 2 saturated heterocycles. The van der Waals surface area contributed by atoms with Crippen LogP contribution in [-0.4, -0.2) is 59.2 Å². The molecule has 2 aliphatic heterocycles. The number of nitrogens with one attached hydrogen (secondary N) is 1. The van der Waals surface area contributed by atoms with Gasteiger partial charge in [-0.25, -0.2) is 9.97 Å². The highest BCUT2D eigenvalue weighted by atomic mass is 35.5. The van der Waals surface area contributed by atoms with Crippen LogP contribution in [0.25, 0.3) is 0 Å². The number of fused-ring (bicyclic) bond motifs is 1. The average molecular weight is 297 g/mol. The molecule has 3 rings (SSSR count). The number of ether oxygens (including phenoxy) is 1. The molecular formula is C13H17ClN4O2. The lowest BCUT2D eigenvalue weighted by Gasteiger charge is -2.35. The van der Waals surface area contributed by atoms with Crippen molar-refractivity contribution in [3.05, 3.63) is 23.2 Å². The van der Waals surface area contributed by atoms with E-state index < -0.39 is 0 Å². The Labute approximate surface area is 122 Å². The second kappa shape index (κ2) is 6.03. The lowest BCUT2D eigenvalue weighted by Crippen LogP contribution is -2.50. The van der Waals surface area contributed by atoms with Crippen molar-refractivity contribution in [2.75, 3.05) is 26.2 Å². The third-order valence-electron chi connectivity index (χ3n) is 3.80. The highest BCUT2D eigenvalue weighted by Crippen LogP contribution is 2.22. The molecule has 0 aromatic carbocycles. The second-order valence-electron chi connectivity index (χ2n) is 5.18. The minimum absolute atomic E-state index is 0.0496. The van der Waals surface area contributed by atoms with E-state index in [1.54, 1.807) is 0 Å². The zero-order chi connectivity index (χ0) is 13.9. The molecule has 20 heavy (non-hydrogen) atoms. The number of rotatable bonds is 3. The number of aromatic nitrogens is 2. The van der Waals surface area contributed by atoms with Crippen molar-refractivity contribution in [1.29, 1.82) is 0 Å². The fourth-order valence-corrected chi connectivity index (χ4v) is 2.83. The van der Waals surface area contributed by atoms with Crippen LogP contribution in [0.3, 0.4) is 0 Å². The third-order valence-corrected chi connectivity index (χ3v) is 4.00. The van der Waals surface area contributed by atoms with E-state index in [2.05, 4.69) is 20.2 Å². The highest BCUT2D eigenvalue weighted by molar-refractivity contribution is 6.29. The van der Waals surface area contributed by atoms with Gasteiger partial charge in [-0.2, -0.15) is 0 Å². The van der Waals surface area contributed by atoms with Gasteiger partial charge in [-0.3, -0.25) is 9.69 Å². The van der Waals surface area contributed by atoms with Crippen LogP contribution in [0.15, 0.2) is 12.4 Å². The first-order valence-electron chi connectivity index (χ1n) is 6.84. The van der Waals surface area contributed by atoms with Crippen LogP contribution in [-0.2, 0) is 4.74 Å². The topological polar surface area (TPSA) is 67.4 Å². The Kier molecular flexibility index (Phi) is 4.14. The van der Waals surface area contributed by atoms with Crippen molar-refractivity contribution in [3.8, 4) is 0 Å². The van der Waals surface area contributed by atoms with Crippen LogP contribution in [0.2, 0.25) is 5.15 Å². The van der Waals surface area contributed by atoms with Gasteiger partial charge in [0.15, 0.2) is 0 Å². The number of morpholine rings is 1. The maximum Gasteiger partial charge on any atom is 0.271 e. The summed E-state index contributed by atoms with van der Waals surface area (Å²) in [5, 5.41) is 3.11. The molecule has 1 aromatic rings. The summed E-state index contributed by atoms with van der Waals surface area (Å²) in [5.41, 5.74) is 0.268. The smallest absolute Gasteiger partial charge is 0.271 e. The predicted molar refractivity (Wildman–Crippen MR) is 73.7 cm³/mol. The van der Waals surface area contributed by atoms with Crippen molar-refractivity contribution in [2.45, 2.75) is 25.0 Å². The monoisotopic (exact) mass is 296 g/mol. The van der Waals surface area contributed by atoms with Crippen LogP contribution in [0, 0.1) is 0 Å². The van der Waals surface area contributed by atoms with E-state index in [-0.39, 0.29) is 22.9 Å². The lowest BCUT2D eigenvalue weighted by atomic mass is 10.2. The SMILES string of the molecule is O=C(NCC1CN2CCCC2CO1)c1cnc(Cl)cn1. The zero-order valence-electron chi connectivity index (χ0n) is 11.1. The van der Waals surface area contributed by atoms with Crippen molar-refractivity contribution < 1.29 is 9.53 Å². The number of carbonyl (C=O) groups is 1. The molecule has 0 bridgehead atoms. The van der Waals surface area contributed by atoms with Crippen LogP contribution >= 0.6 is 11.6 Å². The molecule has 0 radical (unpaired) electrons. The number of hydrogen-bond donors (Lipinski definition) is 1. The molecule has 108 valence electrons. The van der Waals surface area contributed by atoms with Crippen molar-refractivity contribution in [3.63, 3.8) is 0 Å². The summed E-state index contributed by atoms with van der Waals surface area (Å²) >= 11 is 5.64. The first-order chi connectivity index (χ1) is 9.72. The van der Waals surface area contributed by atoms with E-state index in [4.69, 9.17) is 16.3 Å². The second-order valence-corrected chi connectivity index (χ2v) is 5.57. The van der Waals surface area contributed by atoms with Crippen LogP contribution in [0.4, 0.5) is 0 Å². The average Bonchev–Trinajstić information content (AvgIpc) is 2.93. The van der Waals surface area contributed by atoms with E-state index in [1.807, 2.05) is 0 Å². The summed E-state index contributed by atoms with van der Waals surface area (Å²) in [4.78, 5) is 22.1. The van der Waals surface area contributed by atoms with Gasteiger partial charge in [-0.1, -0.05) is 11.6 Å². The minimum atomic E-state index is -0.249. The zero-order valence-corrected chi connectivity index (χ0v) is 11.8. The third kappa shape index (κ3) is 3.08. The van der Waals surface area contributed by atoms with E-state index in [1.165, 1.54) is 25.2 Å². The van der Waals surface area contributed by atoms with Gasteiger partial charge in [0.2, 0.25) is 0 Å². The van der Waals surface area contributed by atoms with Gasteiger partial charge in [0.05, 0.1) is 25.1 Å². The molecular weight excluding hydrogens is 280 g/mol. The molecule has 2 fully saturated rings. The van der Waals surface area contributed by atoms with Gasteiger partial charge >= 0.3 is 0 Å². The molecule has 3 heterocycles. The largest absolute Gasteiger partial charge is 0.373 e. The standard InChI is InChI=1S/C13H17ClN4O2/c14-12-6-15-11(5-16-12)13(19)17-4-10-7-18-3-1-2-9(18)8-20-10/h5-6,9-10H,1-4,7-8H2,(H,17,19). The molecule has 1 amide bonds. The summed E-state index contributed by atoms with van der Waals surface area (Å²) in [6.45, 7) is 3.28. The molecule has 0 aliphatic carbocycles. The minimum Gasteiger partial charge on any atom is -0.373 e. The van der Waals surface area contributed by atoms with Crippen LogP contribution < -0.4 is 5.32 Å². The van der Waals surface area contributed by atoms with Gasteiger partial charge in [0.25, 0.3) is 5.91 Å². The summed E-state index contributed by atoms with van der Waals surface area (Å²) in [7, 11) is 0. The maximum atomic E-state index is 11.9. The Balaban J connectivity index is 1.49. The van der Waals surface area contributed by atoms with Gasteiger partial charge in [0.1, 0.15) is 10.8 Å². The maximum absolute atomic E-state index is 11.9. The quantitative estimate of drug-likeness (QED) is 0.890. The predicted octanol–water partition coefficient (Wildman–Crippen LogP) is 0.723. The van der Waals surface area contributed by atoms with Crippen LogP contribution in [0.1, 0.15) is 23.3 Å². The molecule has 1 aromatic heterocycles. The fraction of sp³-hybridized carbons (Fsp3) is 0.615. The van der Waals surface area contributed by atoms with E-state index in [0.29, 0.717) is 12.6 Å². The number of halogens is 1. The molecule has 0 spiro atoms. The molecule has 2 unspecified atom stereocenters. The molecule has 2 aliphatic rings. The Morgan fingerprint density at radius 2 is 2.40 bits per heavy atom. The van der Waals surface area contributed by atoms with E-state index >= 15 is 0 Å². The molecule has 1 N–H and O–H groups in total. The van der Waals surface area contributed by atoms with Crippen molar-refractivity contribution in [1.82, 2.24) is 20.2 Å². The number of carbonyl (C=O) groups excluding carboxylic acids is 1. The summed E-state index contributed by atoms with van der Waals surface area (Å²) in [6.07, 6.45) is 5.25. The Bertz CT molecular complexity index is 482. The summed E-state index contributed by atoms with van der Waals surface area (Å²) < 4.78 is 5.78. The number of nitrogens with zero attached hydrogens (tertiary/aromatic N) is 3. The summed E-state index contributed by atoms with van der Waals surface area (Å²) in [6, 6.07) is 0.573. The Morgan fingerprint density at radius 1 is 1.50 bits per heavy atom. The molecule has 7 heteroatoms. The Hall–Kier alpha value is -1.24. The first-order valence-corrected chi connectivity index (χ1v) is 7.21. The van der Waals surface area contributed by atoms with Gasteiger partial charge < -0.3 is 10.1 Å². The molecule has 6 nitrogen and oxygen atoms in total. The first kappa shape index (κ1) is 13.7. The number of amides is 1. The van der Waals surface area contributed by atoms with E-state index in [0.717, 1.165) is 19.7 Å². The van der Waals surface area contributed by atoms with Crippen LogP contribution in [0.5, 0.6) is 0 Å².